The summed E-state index contributed by atoms with van der Waals surface area (Å²) in [6.07, 6.45) is 2.46. The monoisotopic (exact) mass is 402 g/mol. The summed E-state index contributed by atoms with van der Waals surface area (Å²) in [5, 5.41) is 15.3. The number of benzene rings is 1. The first-order valence-corrected chi connectivity index (χ1v) is 9.57. The van der Waals surface area contributed by atoms with Crippen LogP contribution in [0.3, 0.4) is 0 Å². The predicted octanol–water partition coefficient (Wildman–Crippen LogP) is 3.41. The molecule has 1 aromatic carbocycles. The largest absolute Gasteiger partial charge is 0.444 e. The Morgan fingerprint density at radius 2 is 2.07 bits per heavy atom. The van der Waals surface area contributed by atoms with Crippen LogP contribution in [0, 0.1) is 10.1 Å². The second-order valence-corrected chi connectivity index (χ2v) is 7.98. The van der Waals surface area contributed by atoms with E-state index >= 15 is 0 Å². The van der Waals surface area contributed by atoms with Gasteiger partial charge in [0, 0.05) is 13.2 Å². The Morgan fingerprint density at radius 3 is 2.69 bits per heavy atom. The van der Waals surface area contributed by atoms with E-state index in [0.29, 0.717) is 26.1 Å². The summed E-state index contributed by atoms with van der Waals surface area (Å²) in [6, 6.07) is 9.10. The van der Waals surface area contributed by atoms with Gasteiger partial charge in [0.15, 0.2) is 0 Å². The van der Waals surface area contributed by atoms with Crippen LogP contribution in [0.5, 0.6) is 0 Å². The fourth-order valence-corrected chi connectivity index (χ4v) is 3.30. The molecular formula is C20H26N4O5. The number of carbonyl (C=O) groups excluding carboxylic acids is 1. The molecule has 0 saturated carbocycles. The van der Waals surface area contributed by atoms with E-state index in [1.54, 1.807) is 4.90 Å². The van der Waals surface area contributed by atoms with Crippen LogP contribution in [-0.4, -0.2) is 57.1 Å². The van der Waals surface area contributed by atoms with Crippen LogP contribution in [0.25, 0.3) is 0 Å². The first-order valence-electron chi connectivity index (χ1n) is 9.57. The molecule has 2 aromatic rings. The Balaban J connectivity index is 1.91. The summed E-state index contributed by atoms with van der Waals surface area (Å²) in [7, 11) is 0. The van der Waals surface area contributed by atoms with Crippen LogP contribution < -0.4 is 0 Å². The maximum Gasteiger partial charge on any atom is 0.410 e. The number of rotatable bonds is 4. The van der Waals surface area contributed by atoms with Crippen LogP contribution >= 0.6 is 0 Å². The van der Waals surface area contributed by atoms with Crippen molar-refractivity contribution in [3.05, 3.63) is 58.4 Å². The molecular weight excluding hydrogens is 376 g/mol. The van der Waals surface area contributed by atoms with Crippen LogP contribution in [0.2, 0.25) is 0 Å². The Hall–Kier alpha value is -2.94. The zero-order chi connectivity index (χ0) is 21.0. The van der Waals surface area contributed by atoms with Gasteiger partial charge in [-0.1, -0.05) is 30.3 Å². The minimum Gasteiger partial charge on any atom is -0.444 e. The number of nitro groups is 1. The van der Waals surface area contributed by atoms with Gasteiger partial charge >= 0.3 is 11.8 Å². The number of ether oxygens (including phenoxy) is 2. The molecule has 1 fully saturated rings. The van der Waals surface area contributed by atoms with Crippen molar-refractivity contribution >= 4 is 11.8 Å². The Morgan fingerprint density at radius 1 is 1.34 bits per heavy atom. The average molecular weight is 402 g/mol. The van der Waals surface area contributed by atoms with Crippen molar-refractivity contribution < 1.29 is 19.2 Å². The number of carbonyl (C=O) groups is 1. The van der Waals surface area contributed by atoms with Gasteiger partial charge in [-0.3, -0.25) is 14.8 Å². The summed E-state index contributed by atoms with van der Waals surface area (Å²) < 4.78 is 13.1. The van der Waals surface area contributed by atoms with Gasteiger partial charge < -0.3 is 14.4 Å². The van der Waals surface area contributed by atoms with Crippen LogP contribution in [-0.2, 0) is 9.47 Å². The van der Waals surface area contributed by atoms with Gasteiger partial charge in [0.05, 0.1) is 11.5 Å². The molecule has 1 aliphatic rings. The smallest absolute Gasteiger partial charge is 0.410 e. The van der Waals surface area contributed by atoms with Crippen molar-refractivity contribution in [1.82, 2.24) is 14.7 Å². The third-order valence-corrected chi connectivity index (χ3v) is 4.53. The lowest BCUT2D eigenvalue weighted by Crippen LogP contribution is -2.43. The zero-order valence-corrected chi connectivity index (χ0v) is 16.9. The molecule has 1 amide bonds. The first kappa shape index (κ1) is 20.8. The van der Waals surface area contributed by atoms with Crippen LogP contribution in [0.4, 0.5) is 10.5 Å². The third-order valence-electron chi connectivity index (χ3n) is 4.53. The molecule has 9 nitrogen and oxygen atoms in total. The van der Waals surface area contributed by atoms with Gasteiger partial charge in [-0.05, 0) is 32.8 Å². The van der Waals surface area contributed by atoms with Crippen molar-refractivity contribution in [2.45, 2.75) is 44.9 Å². The number of amides is 1. The van der Waals surface area contributed by atoms with Crippen LogP contribution in [0.15, 0.2) is 42.7 Å². The maximum absolute atomic E-state index is 12.6. The van der Waals surface area contributed by atoms with Gasteiger partial charge in [-0.15, -0.1) is 0 Å². The Bertz CT molecular complexity index is 846. The number of hydrogen-bond donors (Lipinski definition) is 0. The number of hydrogen-bond acceptors (Lipinski definition) is 6. The fourth-order valence-electron chi connectivity index (χ4n) is 3.30. The van der Waals surface area contributed by atoms with E-state index in [0.717, 1.165) is 5.56 Å². The van der Waals surface area contributed by atoms with E-state index < -0.39 is 28.8 Å². The van der Waals surface area contributed by atoms with E-state index in [1.807, 2.05) is 51.1 Å². The van der Waals surface area contributed by atoms with Gasteiger partial charge in [0.2, 0.25) is 0 Å². The number of nitrogens with zero attached hydrogens (tertiary/aromatic N) is 4. The number of aromatic nitrogens is 2. The summed E-state index contributed by atoms with van der Waals surface area (Å²) in [5.74, 6) is 0. The van der Waals surface area contributed by atoms with E-state index in [2.05, 4.69) is 5.10 Å². The van der Waals surface area contributed by atoms with Crippen molar-refractivity contribution in [2.75, 3.05) is 19.7 Å². The second kappa shape index (κ2) is 8.60. The highest BCUT2D eigenvalue weighted by Gasteiger charge is 2.34. The Labute approximate surface area is 169 Å². The molecule has 2 atom stereocenters. The summed E-state index contributed by atoms with van der Waals surface area (Å²) in [5.41, 5.74) is 0.200. The standard InChI is InChI=1S/C20H26N4O5/c1-20(2,3)29-19(25)22-10-7-11-28-17(14-22)18(15-8-5-4-6-9-15)23-13-16(12-21-23)24(26)27/h4-6,8-9,12-13,17-18H,7,10-11,14H2,1-3H3. The lowest BCUT2D eigenvalue weighted by Gasteiger charge is -2.31. The fraction of sp³-hybridized carbons (Fsp3) is 0.500. The second-order valence-electron chi connectivity index (χ2n) is 7.98. The van der Waals surface area contributed by atoms with Gasteiger partial charge in [-0.25, -0.2) is 4.79 Å². The van der Waals surface area contributed by atoms with E-state index in [9.17, 15) is 14.9 Å². The minimum absolute atomic E-state index is 0.0939. The Kier molecular flexibility index (Phi) is 6.17. The van der Waals surface area contributed by atoms with E-state index in [1.165, 1.54) is 17.1 Å². The van der Waals surface area contributed by atoms with Gasteiger partial charge in [-0.2, -0.15) is 5.10 Å². The van der Waals surface area contributed by atoms with Crippen LogP contribution in [0.1, 0.15) is 38.8 Å². The lowest BCUT2D eigenvalue weighted by molar-refractivity contribution is -0.385. The third kappa shape index (κ3) is 5.32. The molecule has 1 aromatic heterocycles. The maximum atomic E-state index is 12.6. The molecule has 0 radical (unpaired) electrons. The quantitative estimate of drug-likeness (QED) is 0.574. The molecule has 2 unspecified atom stereocenters. The molecule has 1 aliphatic heterocycles. The zero-order valence-electron chi connectivity index (χ0n) is 16.9. The minimum atomic E-state index is -0.596. The molecule has 156 valence electrons. The van der Waals surface area contributed by atoms with E-state index in [4.69, 9.17) is 9.47 Å². The molecule has 2 heterocycles. The molecule has 0 N–H and O–H groups in total. The average Bonchev–Trinajstić information content (AvgIpc) is 3.00. The van der Waals surface area contributed by atoms with Crippen molar-refractivity contribution in [3.63, 3.8) is 0 Å². The SMILES string of the molecule is CC(C)(C)OC(=O)N1CCCOC(C(c2ccccc2)n2cc([N+](=O)[O-])cn2)C1. The summed E-state index contributed by atoms with van der Waals surface area (Å²) in [4.78, 5) is 24.9. The predicted molar refractivity (Wildman–Crippen MR) is 106 cm³/mol. The molecule has 0 aliphatic carbocycles. The highest BCUT2D eigenvalue weighted by molar-refractivity contribution is 5.68. The van der Waals surface area contributed by atoms with Crippen molar-refractivity contribution in [1.29, 1.82) is 0 Å². The van der Waals surface area contributed by atoms with Gasteiger partial charge in [0.1, 0.15) is 30.1 Å². The highest BCUT2D eigenvalue weighted by atomic mass is 16.6. The topological polar surface area (TPSA) is 99.7 Å². The normalized spacial score (nSPS) is 18.7. The molecule has 29 heavy (non-hydrogen) atoms. The highest BCUT2D eigenvalue weighted by Crippen LogP contribution is 2.28. The van der Waals surface area contributed by atoms with Gasteiger partial charge in [0.25, 0.3) is 0 Å². The van der Waals surface area contributed by atoms with E-state index in [-0.39, 0.29) is 5.69 Å². The van der Waals surface area contributed by atoms with Crippen molar-refractivity contribution in [2.24, 2.45) is 0 Å². The summed E-state index contributed by atoms with van der Waals surface area (Å²) in [6.45, 7) is 6.76. The molecule has 3 rings (SSSR count). The first-order chi connectivity index (χ1) is 13.7. The molecule has 0 spiro atoms. The van der Waals surface area contributed by atoms with Crippen molar-refractivity contribution in [3.8, 4) is 0 Å². The molecule has 9 heteroatoms. The summed E-state index contributed by atoms with van der Waals surface area (Å²) >= 11 is 0. The molecule has 1 saturated heterocycles. The molecule has 0 bridgehead atoms. The lowest BCUT2D eigenvalue weighted by atomic mass is 10.0.